The molecule has 0 atom stereocenters. The predicted octanol–water partition coefficient (Wildman–Crippen LogP) is 4.96. The summed E-state index contributed by atoms with van der Waals surface area (Å²) in [5.41, 5.74) is 12.5. The van der Waals surface area contributed by atoms with Crippen LogP contribution in [0.25, 0.3) is 55.7 Å². The van der Waals surface area contributed by atoms with Crippen molar-refractivity contribution in [3.8, 4) is 39.5 Å². The van der Waals surface area contributed by atoms with Gasteiger partial charge in [-0.25, -0.2) is 9.37 Å². The number of aromatic amines is 2. The Hall–Kier alpha value is -4.79. The number of methoxy groups -OCH3 is 1. The van der Waals surface area contributed by atoms with E-state index in [1.54, 1.807) is 30.9 Å². The highest BCUT2D eigenvalue weighted by atomic mass is 19.1. The highest BCUT2D eigenvalue weighted by Crippen LogP contribution is 2.35. The van der Waals surface area contributed by atoms with Crippen LogP contribution in [0.5, 0.6) is 5.75 Å². The molecule has 5 heterocycles. The van der Waals surface area contributed by atoms with Crippen molar-refractivity contribution < 1.29 is 9.13 Å². The van der Waals surface area contributed by atoms with Gasteiger partial charge in [0.2, 0.25) is 0 Å². The van der Waals surface area contributed by atoms with E-state index in [0.717, 1.165) is 38.8 Å². The van der Waals surface area contributed by atoms with Gasteiger partial charge in [-0.3, -0.25) is 15.1 Å². The zero-order valence-electron chi connectivity index (χ0n) is 18.0. The number of nitrogens with one attached hydrogen (secondary N) is 2. The largest absolute Gasteiger partial charge is 0.497 e. The Morgan fingerprint density at radius 1 is 0.912 bits per heavy atom. The fourth-order valence-electron chi connectivity index (χ4n) is 4.11. The quantitative estimate of drug-likeness (QED) is 0.349. The molecule has 8 nitrogen and oxygen atoms in total. The molecule has 0 fully saturated rings. The first-order valence-corrected chi connectivity index (χ1v) is 10.5. The third-order valence-corrected chi connectivity index (χ3v) is 5.70. The zero-order chi connectivity index (χ0) is 23.2. The Labute approximate surface area is 192 Å². The molecule has 0 bridgehead atoms. The lowest BCUT2D eigenvalue weighted by atomic mass is 10.1. The minimum atomic E-state index is -0.391. The molecule has 0 aliphatic carbocycles. The maximum Gasteiger partial charge on any atom is 0.181 e. The Morgan fingerprint density at radius 2 is 1.79 bits per heavy atom. The molecule has 0 unspecified atom stereocenters. The fourth-order valence-corrected chi connectivity index (χ4v) is 4.11. The van der Waals surface area contributed by atoms with Crippen molar-refractivity contribution in [3.63, 3.8) is 0 Å². The maximum atomic E-state index is 14.2. The highest BCUT2D eigenvalue weighted by molar-refractivity contribution is 6.00. The van der Waals surface area contributed by atoms with Gasteiger partial charge in [0.15, 0.2) is 5.65 Å². The number of hydrogen-bond acceptors (Lipinski definition) is 6. The van der Waals surface area contributed by atoms with Crippen LogP contribution in [-0.4, -0.2) is 37.2 Å². The van der Waals surface area contributed by atoms with Gasteiger partial charge in [-0.1, -0.05) is 0 Å². The van der Waals surface area contributed by atoms with Gasteiger partial charge >= 0.3 is 0 Å². The van der Waals surface area contributed by atoms with E-state index in [9.17, 15) is 4.39 Å². The van der Waals surface area contributed by atoms with Crippen molar-refractivity contribution in [2.24, 2.45) is 0 Å². The second-order valence-electron chi connectivity index (χ2n) is 7.88. The number of nitrogens with two attached hydrogens (primary N) is 1. The zero-order valence-corrected chi connectivity index (χ0v) is 18.0. The molecule has 4 N–H and O–H groups in total. The molecule has 0 spiro atoms. The lowest BCUT2D eigenvalue weighted by molar-refractivity contribution is 0.411. The number of fused-ring (bicyclic) bond motifs is 2. The van der Waals surface area contributed by atoms with Crippen molar-refractivity contribution in [3.05, 3.63) is 73.1 Å². The van der Waals surface area contributed by atoms with Crippen molar-refractivity contribution in [2.45, 2.75) is 0 Å². The van der Waals surface area contributed by atoms with E-state index in [4.69, 9.17) is 10.5 Å². The molecule has 0 saturated carbocycles. The summed E-state index contributed by atoms with van der Waals surface area (Å²) in [4.78, 5) is 16.6. The summed E-state index contributed by atoms with van der Waals surface area (Å²) < 4.78 is 19.4. The molecular weight excluding hydrogens is 433 g/mol. The Balaban J connectivity index is 1.50. The monoisotopic (exact) mass is 451 g/mol. The summed E-state index contributed by atoms with van der Waals surface area (Å²) >= 11 is 0. The van der Waals surface area contributed by atoms with Gasteiger partial charge in [-0.15, -0.1) is 0 Å². The minimum Gasteiger partial charge on any atom is -0.497 e. The van der Waals surface area contributed by atoms with E-state index < -0.39 is 5.82 Å². The molecule has 0 amide bonds. The fraction of sp³-hybridized carbons (Fsp3) is 0.0400. The first-order valence-electron chi connectivity index (χ1n) is 10.5. The van der Waals surface area contributed by atoms with Crippen molar-refractivity contribution in [1.29, 1.82) is 0 Å². The molecule has 0 saturated heterocycles. The van der Waals surface area contributed by atoms with Crippen LogP contribution in [0.2, 0.25) is 0 Å². The Morgan fingerprint density at radius 3 is 2.65 bits per heavy atom. The highest BCUT2D eigenvalue weighted by Gasteiger charge is 2.16. The SMILES string of the molecule is COc1cc(F)cc(-c2nccc3[nH]c(-c4[nH]nc5ncc(-c6cncc(N)c6)cc45)cc23)c1. The number of nitrogens with zero attached hydrogens (tertiary/aromatic N) is 4. The number of aromatic nitrogens is 6. The molecule has 0 aliphatic heterocycles. The summed E-state index contributed by atoms with van der Waals surface area (Å²) in [5, 5.41) is 9.12. The second kappa shape index (κ2) is 7.66. The standard InChI is InChI=1S/C25H18FN7O/c1-34-18-6-13(4-16(26)8-18)23-19-9-22(31-21(19)2-3-29-23)24-20-7-15(11-30-25(20)33-32-24)14-5-17(27)12-28-10-14/h2-12,31H,27H2,1H3,(H,30,32,33). The van der Waals surface area contributed by atoms with Gasteiger partial charge in [-0.05, 0) is 36.4 Å². The van der Waals surface area contributed by atoms with E-state index in [2.05, 4.69) is 30.1 Å². The van der Waals surface area contributed by atoms with Crippen LogP contribution in [0.1, 0.15) is 0 Å². The third kappa shape index (κ3) is 3.30. The van der Waals surface area contributed by atoms with Gasteiger partial charge in [0.05, 0.1) is 29.9 Å². The lowest BCUT2D eigenvalue weighted by Crippen LogP contribution is -1.89. The van der Waals surface area contributed by atoms with Crippen molar-refractivity contribution >= 4 is 27.6 Å². The van der Waals surface area contributed by atoms with E-state index in [1.165, 1.54) is 19.2 Å². The molecule has 5 aromatic heterocycles. The summed E-state index contributed by atoms with van der Waals surface area (Å²) in [6.45, 7) is 0. The van der Waals surface area contributed by atoms with E-state index in [1.807, 2.05) is 24.3 Å². The first kappa shape index (κ1) is 19.9. The number of H-pyrrole nitrogens is 2. The van der Waals surface area contributed by atoms with Gasteiger partial charge < -0.3 is 15.5 Å². The minimum absolute atomic E-state index is 0.391. The maximum absolute atomic E-state index is 14.2. The number of nitrogen functional groups attached to an aromatic ring is 1. The van der Waals surface area contributed by atoms with Crippen LogP contribution in [0.4, 0.5) is 10.1 Å². The number of rotatable bonds is 4. The van der Waals surface area contributed by atoms with Gasteiger partial charge in [0.25, 0.3) is 0 Å². The second-order valence-corrected chi connectivity index (χ2v) is 7.88. The van der Waals surface area contributed by atoms with Crippen LogP contribution in [0.3, 0.4) is 0 Å². The van der Waals surface area contributed by atoms with Gasteiger partial charge in [0.1, 0.15) is 11.6 Å². The van der Waals surface area contributed by atoms with Crippen molar-refractivity contribution in [1.82, 2.24) is 30.1 Å². The number of benzene rings is 1. The Kier molecular flexibility index (Phi) is 4.48. The average Bonchev–Trinajstić information content (AvgIpc) is 3.47. The summed E-state index contributed by atoms with van der Waals surface area (Å²) in [6.07, 6.45) is 6.77. The predicted molar refractivity (Wildman–Crippen MR) is 129 cm³/mol. The number of halogens is 1. The van der Waals surface area contributed by atoms with Gasteiger partial charge in [0, 0.05) is 63.8 Å². The molecule has 0 aliphatic rings. The van der Waals surface area contributed by atoms with E-state index in [0.29, 0.717) is 28.3 Å². The smallest absolute Gasteiger partial charge is 0.181 e. The third-order valence-electron chi connectivity index (χ3n) is 5.70. The van der Waals surface area contributed by atoms with Gasteiger partial charge in [-0.2, -0.15) is 5.10 Å². The number of ether oxygens (including phenoxy) is 1. The van der Waals surface area contributed by atoms with Crippen molar-refractivity contribution in [2.75, 3.05) is 12.8 Å². The number of pyridine rings is 3. The number of anilines is 1. The molecule has 166 valence electrons. The van der Waals surface area contributed by atoms with Crippen LogP contribution in [-0.2, 0) is 0 Å². The van der Waals surface area contributed by atoms with Crippen LogP contribution >= 0.6 is 0 Å². The normalized spacial score (nSPS) is 11.4. The van der Waals surface area contributed by atoms with E-state index in [-0.39, 0.29) is 0 Å². The molecule has 1 aromatic carbocycles. The van der Waals surface area contributed by atoms with Crippen LogP contribution in [0, 0.1) is 5.82 Å². The van der Waals surface area contributed by atoms with E-state index >= 15 is 0 Å². The first-order chi connectivity index (χ1) is 16.6. The average molecular weight is 451 g/mol. The molecule has 34 heavy (non-hydrogen) atoms. The molecule has 6 aromatic rings. The molecule has 6 rings (SSSR count). The Bertz CT molecular complexity index is 1690. The summed E-state index contributed by atoms with van der Waals surface area (Å²) in [5.74, 6) is 0.0388. The summed E-state index contributed by atoms with van der Waals surface area (Å²) in [6, 6.07) is 12.2. The molecule has 9 heteroatoms. The van der Waals surface area contributed by atoms with Crippen LogP contribution in [0.15, 0.2) is 67.3 Å². The molecular formula is C25H18FN7O. The summed E-state index contributed by atoms with van der Waals surface area (Å²) in [7, 11) is 1.51. The molecule has 0 radical (unpaired) electrons. The van der Waals surface area contributed by atoms with Crippen LogP contribution < -0.4 is 10.5 Å². The lowest BCUT2D eigenvalue weighted by Gasteiger charge is -2.06. The topological polar surface area (TPSA) is 118 Å². The number of hydrogen-bond donors (Lipinski definition) is 3.